The zero-order valence-corrected chi connectivity index (χ0v) is 20.0. The Morgan fingerprint density at radius 2 is 1.69 bits per heavy atom. The Labute approximate surface area is 204 Å². The Kier molecular flexibility index (Phi) is 6.61. The topological polar surface area (TPSA) is 97.0 Å². The predicted octanol–water partition coefficient (Wildman–Crippen LogP) is 3.26. The van der Waals surface area contributed by atoms with Crippen LogP contribution < -0.4 is 19.5 Å². The first-order chi connectivity index (χ1) is 17.0. The highest BCUT2D eigenvalue weighted by Gasteiger charge is 2.24. The van der Waals surface area contributed by atoms with Gasteiger partial charge in [0.1, 0.15) is 13.2 Å². The number of hydrogen-bond donors (Lipinski definition) is 2. The van der Waals surface area contributed by atoms with E-state index in [1.54, 1.807) is 30.3 Å². The molecule has 2 aliphatic heterocycles. The molecule has 0 spiro atoms. The molecule has 35 heavy (non-hydrogen) atoms. The van der Waals surface area contributed by atoms with Gasteiger partial charge in [-0.2, -0.15) is 0 Å². The molecular weight excluding hydrogens is 466 g/mol. The Bertz CT molecular complexity index is 1300. The molecule has 1 fully saturated rings. The van der Waals surface area contributed by atoms with Crippen molar-refractivity contribution in [1.29, 1.82) is 0 Å². The number of carbonyl (C=O) groups excluding carboxylic acids is 1. The maximum absolute atomic E-state index is 12.8. The molecule has 1 atom stereocenters. The lowest BCUT2D eigenvalue weighted by Crippen LogP contribution is -2.36. The van der Waals surface area contributed by atoms with Crippen molar-refractivity contribution in [2.24, 2.45) is 0 Å². The molecule has 1 amide bonds. The minimum atomic E-state index is -3.82. The Morgan fingerprint density at radius 1 is 0.943 bits per heavy atom. The van der Waals surface area contributed by atoms with Crippen LogP contribution in [-0.4, -0.2) is 51.6 Å². The van der Waals surface area contributed by atoms with Gasteiger partial charge < -0.3 is 14.8 Å². The van der Waals surface area contributed by atoms with Crippen LogP contribution >= 0.6 is 0 Å². The molecule has 1 saturated heterocycles. The maximum Gasteiger partial charge on any atom is 0.262 e. The summed E-state index contributed by atoms with van der Waals surface area (Å²) in [7, 11) is -3.82. The van der Waals surface area contributed by atoms with Crippen LogP contribution in [0.3, 0.4) is 0 Å². The average Bonchev–Trinajstić information content (AvgIpc) is 3.31. The summed E-state index contributed by atoms with van der Waals surface area (Å²) in [5, 5.41) is 3.09. The van der Waals surface area contributed by atoms with Crippen LogP contribution in [0.4, 0.5) is 5.69 Å². The van der Waals surface area contributed by atoms with Crippen LogP contribution in [0.25, 0.3) is 0 Å². The van der Waals surface area contributed by atoms with E-state index in [4.69, 9.17) is 9.47 Å². The molecule has 8 nitrogen and oxygen atoms in total. The van der Waals surface area contributed by atoms with E-state index in [2.05, 4.69) is 27.1 Å². The summed E-state index contributed by atoms with van der Waals surface area (Å²) in [6, 6.07) is 21.3. The molecule has 3 aromatic carbocycles. The largest absolute Gasteiger partial charge is 0.486 e. The van der Waals surface area contributed by atoms with Gasteiger partial charge in [-0.3, -0.25) is 14.4 Å². The number of likely N-dealkylation sites (tertiary alicyclic amines) is 1. The van der Waals surface area contributed by atoms with Gasteiger partial charge in [-0.1, -0.05) is 30.3 Å². The van der Waals surface area contributed by atoms with Gasteiger partial charge in [0.05, 0.1) is 4.90 Å². The van der Waals surface area contributed by atoms with Crippen molar-refractivity contribution in [1.82, 2.24) is 10.2 Å². The monoisotopic (exact) mass is 493 g/mol. The van der Waals surface area contributed by atoms with Crippen LogP contribution in [0, 0.1) is 0 Å². The van der Waals surface area contributed by atoms with E-state index in [1.165, 1.54) is 17.7 Å². The lowest BCUT2D eigenvalue weighted by atomic mass is 10.1. The fourth-order valence-electron chi connectivity index (χ4n) is 4.30. The van der Waals surface area contributed by atoms with E-state index < -0.39 is 10.0 Å². The molecule has 0 bridgehead atoms. The molecule has 0 saturated carbocycles. The van der Waals surface area contributed by atoms with Gasteiger partial charge in [0.25, 0.3) is 15.9 Å². The summed E-state index contributed by atoms with van der Waals surface area (Å²) in [4.78, 5) is 15.1. The summed E-state index contributed by atoms with van der Waals surface area (Å²) in [6.07, 6.45) is 0.895. The normalized spacial score (nSPS) is 17.7. The lowest BCUT2D eigenvalue weighted by molar-refractivity contribution is 0.0937. The molecule has 0 aromatic heterocycles. The summed E-state index contributed by atoms with van der Waals surface area (Å²) in [5.74, 6) is 0.759. The quantitative estimate of drug-likeness (QED) is 0.525. The van der Waals surface area contributed by atoms with Crippen LogP contribution in [0.5, 0.6) is 11.5 Å². The molecule has 0 aliphatic carbocycles. The first-order valence-corrected chi connectivity index (χ1v) is 13.0. The lowest BCUT2D eigenvalue weighted by Gasteiger charge is -2.19. The molecule has 9 heteroatoms. The maximum atomic E-state index is 12.8. The average molecular weight is 494 g/mol. The van der Waals surface area contributed by atoms with Crippen molar-refractivity contribution in [2.45, 2.75) is 23.9 Å². The zero-order chi connectivity index (χ0) is 24.3. The molecular formula is C26H27N3O5S. The number of amides is 1. The highest BCUT2D eigenvalue weighted by Crippen LogP contribution is 2.32. The molecule has 2 heterocycles. The van der Waals surface area contributed by atoms with Crippen molar-refractivity contribution in [3.05, 3.63) is 83.9 Å². The van der Waals surface area contributed by atoms with Gasteiger partial charge in [-0.05, 0) is 48.4 Å². The fraction of sp³-hybridized carbons (Fsp3) is 0.269. The predicted molar refractivity (Wildman–Crippen MR) is 132 cm³/mol. The second kappa shape index (κ2) is 9.97. The van der Waals surface area contributed by atoms with Gasteiger partial charge in [0.2, 0.25) is 0 Å². The number of carbonyl (C=O) groups is 1. The first-order valence-electron chi connectivity index (χ1n) is 11.6. The molecule has 0 radical (unpaired) electrons. The Hall–Kier alpha value is -3.56. The summed E-state index contributed by atoms with van der Waals surface area (Å²) >= 11 is 0. The van der Waals surface area contributed by atoms with E-state index >= 15 is 0 Å². The molecule has 0 unspecified atom stereocenters. The number of anilines is 1. The minimum Gasteiger partial charge on any atom is -0.486 e. The molecule has 3 aromatic rings. The number of hydrogen-bond acceptors (Lipinski definition) is 6. The van der Waals surface area contributed by atoms with Crippen molar-refractivity contribution in [2.75, 3.05) is 31.0 Å². The van der Waals surface area contributed by atoms with Crippen LogP contribution in [-0.2, 0) is 16.6 Å². The highest BCUT2D eigenvalue weighted by atomic mass is 32.2. The van der Waals surface area contributed by atoms with Crippen molar-refractivity contribution in [3.63, 3.8) is 0 Å². The number of sulfonamides is 1. The Morgan fingerprint density at radius 3 is 2.46 bits per heavy atom. The highest BCUT2D eigenvalue weighted by molar-refractivity contribution is 7.92. The van der Waals surface area contributed by atoms with Crippen molar-refractivity contribution >= 4 is 21.6 Å². The molecule has 182 valence electrons. The van der Waals surface area contributed by atoms with E-state index in [-0.39, 0.29) is 16.8 Å². The summed E-state index contributed by atoms with van der Waals surface area (Å²) in [5.41, 5.74) is 2.11. The van der Waals surface area contributed by atoms with E-state index in [1.807, 2.05) is 18.2 Å². The third-order valence-electron chi connectivity index (χ3n) is 6.08. The van der Waals surface area contributed by atoms with Crippen molar-refractivity contribution < 1.29 is 22.7 Å². The number of benzene rings is 3. The van der Waals surface area contributed by atoms with Gasteiger partial charge in [0.15, 0.2) is 11.5 Å². The SMILES string of the molecule is O=C(N[C@@H]1CCN(Cc2ccccc2)C1)c1ccc(NS(=O)(=O)c2ccc3c(c2)OCCO3)cc1. The summed E-state index contributed by atoms with van der Waals surface area (Å²) < 4.78 is 39.1. The Balaban J connectivity index is 1.17. The molecule has 2 aliphatic rings. The van der Waals surface area contributed by atoms with Crippen molar-refractivity contribution in [3.8, 4) is 11.5 Å². The third-order valence-corrected chi connectivity index (χ3v) is 7.46. The van der Waals surface area contributed by atoms with E-state index in [9.17, 15) is 13.2 Å². The smallest absolute Gasteiger partial charge is 0.262 e. The van der Waals surface area contributed by atoms with E-state index in [0.29, 0.717) is 36.0 Å². The van der Waals surface area contributed by atoms with Gasteiger partial charge in [0, 0.05) is 43.0 Å². The van der Waals surface area contributed by atoms with Gasteiger partial charge in [-0.25, -0.2) is 8.42 Å². The zero-order valence-electron chi connectivity index (χ0n) is 19.1. The fourth-order valence-corrected chi connectivity index (χ4v) is 5.37. The van der Waals surface area contributed by atoms with Gasteiger partial charge >= 0.3 is 0 Å². The van der Waals surface area contributed by atoms with Gasteiger partial charge in [-0.15, -0.1) is 0 Å². The second-order valence-electron chi connectivity index (χ2n) is 8.67. The number of rotatable bonds is 7. The number of fused-ring (bicyclic) bond motifs is 1. The first kappa shape index (κ1) is 23.2. The van der Waals surface area contributed by atoms with Crippen LogP contribution in [0.15, 0.2) is 77.7 Å². The standard InChI is InChI=1S/C26H27N3O5S/c30-26(27-22-12-13-29(18-22)17-19-4-2-1-3-5-19)20-6-8-21(9-7-20)28-35(31,32)23-10-11-24-25(16-23)34-15-14-33-24/h1-11,16,22,28H,12-15,17-18H2,(H,27,30)/t22-/m1/s1. The van der Waals surface area contributed by atoms with Crippen LogP contribution in [0.2, 0.25) is 0 Å². The molecule has 5 rings (SSSR count). The van der Waals surface area contributed by atoms with E-state index in [0.717, 1.165) is 26.1 Å². The summed E-state index contributed by atoms with van der Waals surface area (Å²) in [6.45, 7) is 3.41. The molecule has 2 N–H and O–H groups in total. The number of nitrogens with zero attached hydrogens (tertiary/aromatic N) is 1. The number of nitrogens with one attached hydrogen (secondary N) is 2. The third kappa shape index (κ3) is 5.58. The second-order valence-corrected chi connectivity index (χ2v) is 10.4. The number of ether oxygens (including phenoxy) is 2. The van der Waals surface area contributed by atoms with Crippen LogP contribution in [0.1, 0.15) is 22.3 Å². The minimum absolute atomic E-state index is 0.0739.